The number of hydrogen-bond donors (Lipinski definition) is 2. The maximum Gasteiger partial charge on any atom is 0.0474 e. The predicted molar refractivity (Wildman–Crippen MR) is 61.6 cm³/mol. The molecule has 15 heavy (non-hydrogen) atoms. The second-order valence-electron chi connectivity index (χ2n) is 4.53. The van der Waals surface area contributed by atoms with Crippen LogP contribution in [0, 0.1) is 5.92 Å². The zero-order valence-corrected chi connectivity index (χ0v) is 8.97. The highest BCUT2D eigenvalue weighted by Gasteiger charge is 2.28. The molecule has 0 amide bonds. The molecule has 0 heterocycles. The molecule has 0 aromatic heterocycles. The minimum Gasteiger partial charge on any atom is -0.396 e. The van der Waals surface area contributed by atoms with Crippen molar-refractivity contribution in [3.8, 4) is 0 Å². The average molecular weight is 205 g/mol. The molecule has 1 aliphatic carbocycles. The first-order valence-corrected chi connectivity index (χ1v) is 5.72. The molecule has 1 saturated carbocycles. The van der Waals surface area contributed by atoms with Gasteiger partial charge in [0.25, 0.3) is 0 Å². The van der Waals surface area contributed by atoms with Crippen LogP contribution in [0.25, 0.3) is 0 Å². The second kappa shape index (κ2) is 4.77. The fraction of sp³-hybridized carbons (Fsp3) is 0.538. The van der Waals surface area contributed by atoms with E-state index >= 15 is 0 Å². The fourth-order valence-electron chi connectivity index (χ4n) is 2.53. The number of nitrogens with two attached hydrogens (primary N) is 1. The lowest BCUT2D eigenvalue weighted by molar-refractivity contribution is 0.160. The van der Waals surface area contributed by atoms with E-state index in [1.807, 2.05) is 6.07 Å². The first kappa shape index (κ1) is 10.7. The van der Waals surface area contributed by atoms with Crippen molar-refractivity contribution in [1.82, 2.24) is 0 Å². The molecule has 1 aromatic rings. The maximum atomic E-state index is 9.25. The standard InChI is InChI=1S/C13H19NO/c14-13-7-6-11(8-12(13)9-15)10-4-2-1-3-5-10/h1-5,11-13,15H,6-9,14H2. The van der Waals surface area contributed by atoms with Gasteiger partial charge in [-0.2, -0.15) is 0 Å². The Labute approximate surface area is 91.1 Å². The van der Waals surface area contributed by atoms with Crippen molar-refractivity contribution >= 4 is 0 Å². The van der Waals surface area contributed by atoms with E-state index in [4.69, 9.17) is 5.73 Å². The van der Waals surface area contributed by atoms with Gasteiger partial charge in [-0.25, -0.2) is 0 Å². The summed E-state index contributed by atoms with van der Waals surface area (Å²) in [6.45, 7) is 0.227. The molecule has 0 radical (unpaired) electrons. The first-order valence-electron chi connectivity index (χ1n) is 5.72. The Balaban J connectivity index is 2.06. The summed E-state index contributed by atoms with van der Waals surface area (Å²) in [5.74, 6) is 0.868. The van der Waals surface area contributed by atoms with E-state index in [0.29, 0.717) is 5.92 Å². The molecule has 2 heteroatoms. The lowest BCUT2D eigenvalue weighted by Crippen LogP contribution is -2.37. The van der Waals surface area contributed by atoms with Gasteiger partial charge in [-0.3, -0.25) is 0 Å². The molecule has 1 fully saturated rings. The van der Waals surface area contributed by atoms with E-state index in [1.165, 1.54) is 5.56 Å². The molecule has 3 unspecified atom stereocenters. The van der Waals surface area contributed by atoms with Crippen molar-refractivity contribution in [1.29, 1.82) is 0 Å². The molecular formula is C13H19NO. The highest BCUT2D eigenvalue weighted by atomic mass is 16.3. The molecular weight excluding hydrogens is 186 g/mol. The minimum atomic E-state index is 0.190. The van der Waals surface area contributed by atoms with Gasteiger partial charge in [-0.15, -0.1) is 0 Å². The molecule has 0 saturated heterocycles. The smallest absolute Gasteiger partial charge is 0.0474 e. The monoisotopic (exact) mass is 205 g/mol. The van der Waals surface area contributed by atoms with Crippen molar-refractivity contribution < 1.29 is 5.11 Å². The summed E-state index contributed by atoms with van der Waals surface area (Å²) in [4.78, 5) is 0. The highest BCUT2D eigenvalue weighted by molar-refractivity contribution is 5.20. The van der Waals surface area contributed by atoms with Crippen LogP contribution in [0.1, 0.15) is 30.7 Å². The van der Waals surface area contributed by atoms with Crippen LogP contribution in [0.5, 0.6) is 0 Å². The van der Waals surface area contributed by atoms with Gasteiger partial charge < -0.3 is 10.8 Å². The third-order valence-electron chi connectivity index (χ3n) is 3.55. The Bertz CT molecular complexity index is 299. The number of aliphatic hydroxyl groups excluding tert-OH is 1. The van der Waals surface area contributed by atoms with Crippen LogP contribution in [0.2, 0.25) is 0 Å². The minimum absolute atomic E-state index is 0.190. The van der Waals surface area contributed by atoms with E-state index in [2.05, 4.69) is 24.3 Å². The van der Waals surface area contributed by atoms with Crippen LogP contribution >= 0.6 is 0 Å². The summed E-state index contributed by atoms with van der Waals surface area (Å²) in [6, 6.07) is 10.7. The van der Waals surface area contributed by atoms with Crippen molar-refractivity contribution in [3.63, 3.8) is 0 Å². The summed E-state index contributed by atoms with van der Waals surface area (Å²) in [5, 5.41) is 9.25. The molecule has 82 valence electrons. The normalized spacial score (nSPS) is 31.5. The number of aliphatic hydroxyl groups is 1. The van der Waals surface area contributed by atoms with Crippen molar-refractivity contribution in [3.05, 3.63) is 35.9 Å². The summed E-state index contributed by atoms with van der Waals surface area (Å²) < 4.78 is 0. The molecule has 0 aliphatic heterocycles. The Morgan fingerprint density at radius 1 is 1.20 bits per heavy atom. The van der Waals surface area contributed by atoms with Gasteiger partial charge in [0.2, 0.25) is 0 Å². The largest absolute Gasteiger partial charge is 0.396 e. The Morgan fingerprint density at radius 2 is 1.93 bits per heavy atom. The quantitative estimate of drug-likeness (QED) is 0.774. The topological polar surface area (TPSA) is 46.2 Å². The van der Waals surface area contributed by atoms with Crippen LogP contribution in [0.4, 0.5) is 0 Å². The molecule has 3 atom stereocenters. The van der Waals surface area contributed by atoms with Gasteiger partial charge in [0.1, 0.15) is 0 Å². The van der Waals surface area contributed by atoms with Crippen LogP contribution < -0.4 is 5.73 Å². The number of benzene rings is 1. The zero-order chi connectivity index (χ0) is 10.7. The van der Waals surface area contributed by atoms with Crippen LogP contribution in [-0.4, -0.2) is 17.8 Å². The Morgan fingerprint density at radius 3 is 2.60 bits per heavy atom. The Hall–Kier alpha value is -0.860. The number of hydrogen-bond acceptors (Lipinski definition) is 2. The van der Waals surface area contributed by atoms with Gasteiger partial charge >= 0.3 is 0 Å². The van der Waals surface area contributed by atoms with Crippen LogP contribution in [-0.2, 0) is 0 Å². The summed E-state index contributed by atoms with van der Waals surface area (Å²) in [7, 11) is 0. The van der Waals surface area contributed by atoms with Crippen LogP contribution in [0.3, 0.4) is 0 Å². The first-order chi connectivity index (χ1) is 7.31. The SMILES string of the molecule is NC1CCC(c2ccccc2)CC1CO. The average Bonchev–Trinajstić information content (AvgIpc) is 2.31. The van der Waals surface area contributed by atoms with Crippen molar-refractivity contribution in [2.45, 2.75) is 31.2 Å². The zero-order valence-electron chi connectivity index (χ0n) is 8.97. The predicted octanol–water partition coefficient (Wildman–Crippen LogP) is 1.89. The molecule has 2 rings (SSSR count). The third-order valence-corrected chi connectivity index (χ3v) is 3.55. The number of rotatable bonds is 2. The molecule has 0 spiro atoms. The van der Waals surface area contributed by atoms with Crippen LogP contribution in [0.15, 0.2) is 30.3 Å². The highest BCUT2D eigenvalue weighted by Crippen LogP contribution is 2.35. The lowest BCUT2D eigenvalue weighted by atomic mass is 9.76. The molecule has 1 aliphatic rings. The van der Waals surface area contributed by atoms with Gasteiger partial charge in [-0.1, -0.05) is 30.3 Å². The van der Waals surface area contributed by atoms with Gasteiger partial charge in [0.05, 0.1) is 0 Å². The van der Waals surface area contributed by atoms with Crippen molar-refractivity contribution in [2.75, 3.05) is 6.61 Å². The van der Waals surface area contributed by atoms with Gasteiger partial charge in [0, 0.05) is 12.6 Å². The molecule has 1 aromatic carbocycles. The van der Waals surface area contributed by atoms with E-state index in [-0.39, 0.29) is 18.6 Å². The van der Waals surface area contributed by atoms with E-state index < -0.39 is 0 Å². The van der Waals surface area contributed by atoms with E-state index in [9.17, 15) is 5.11 Å². The van der Waals surface area contributed by atoms with Gasteiger partial charge in [0.15, 0.2) is 0 Å². The molecule has 0 bridgehead atoms. The van der Waals surface area contributed by atoms with Gasteiger partial charge in [-0.05, 0) is 36.7 Å². The van der Waals surface area contributed by atoms with Crippen molar-refractivity contribution in [2.24, 2.45) is 11.7 Å². The Kier molecular flexibility index (Phi) is 3.39. The van der Waals surface area contributed by atoms with E-state index in [1.54, 1.807) is 0 Å². The lowest BCUT2D eigenvalue weighted by Gasteiger charge is -2.33. The fourth-order valence-corrected chi connectivity index (χ4v) is 2.53. The summed E-state index contributed by atoms with van der Waals surface area (Å²) in [5.41, 5.74) is 7.36. The second-order valence-corrected chi connectivity index (χ2v) is 4.53. The molecule has 3 N–H and O–H groups in total. The van der Waals surface area contributed by atoms with E-state index in [0.717, 1.165) is 19.3 Å². The summed E-state index contributed by atoms with van der Waals surface area (Å²) in [6.07, 6.45) is 3.22. The molecule has 2 nitrogen and oxygen atoms in total. The third kappa shape index (κ3) is 2.39. The summed E-state index contributed by atoms with van der Waals surface area (Å²) >= 11 is 0. The maximum absolute atomic E-state index is 9.25.